The molecule has 0 spiro atoms. The van der Waals surface area contributed by atoms with Gasteiger partial charge in [-0.3, -0.25) is 4.79 Å². The lowest BCUT2D eigenvalue weighted by atomic mass is 10.2. The largest absolute Gasteiger partial charge is 0.483 e. The van der Waals surface area contributed by atoms with Gasteiger partial charge in [0.2, 0.25) is 5.75 Å². The Hall–Kier alpha value is -2.63. The highest BCUT2D eigenvalue weighted by molar-refractivity contribution is 5.95. The number of nitrogens with one attached hydrogen (secondary N) is 1. The lowest BCUT2D eigenvalue weighted by molar-refractivity contribution is 0.0944. The predicted molar refractivity (Wildman–Crippen MR) is 71.8 cm³/mol. The van der Waals surface area contributed by atoms with Crippen LogP contribution in [0.25, 0.3) is 11.4 Å². The van der Waals surface area contributed by atoms with E-state index in [0.717, 1.165) is 5.56 Å². The molecule has 1 aromatic carbocycles. The van der Waals surface area contributed by atoms with Crippen LogP contribution in [0.3, 0.4) is 0 Å². The lowest BCUT2D eigenvalue weighted by Crippen LogP contribution is -2.25. The number of hydrogen-bond donors (Lipinski definition) is 1. The van der Waals surface area contributed by atoms with Gasteiger partial charge in [0.15, 0.2) is 11.5 Å². The Morgan fingerprint density at radius 2 is 1.90 bits per heavy atom. The molecule has 3 rings (SSSR count). The van der Waals surface area contributed by atoms with Gasteiger partial charge in [0.1, 0.15) is 13.2 Å². The highest BCUT2D eigenvalue weighted by Crippen LogP contribution is 2.33. The first-order valence-electron chi connectivity index (χ1n) is 6.24. The SMILES string of the molecule is CNC(=O)c1nc(-c2ccccc2)nc2c1OCCO2. The summed E-state index contributed by atoms with van der Waals surface area (Å²) in [7, 11) is 1.54. The summed E-state index contributed by atoms with van der Waals surface area (Å²) < 4.78 is 10.9. The van der Waals surface area contributed by atoms with Crippen molar-refractivity contribution in [2.24, 2.45) is 0 Å². The molecule has 6 heteroatoms. The van der Waals surface area contributed by atoms with Gasteiger partial charge in [-0.15, -0.1) is 0 Å². The van der Waals surface area contributed by atoms with Crippen LogP contribution in [0.2, 0.25) is 0 Å². The zero-order chi connectivity index (χ0) is 13.9. The number of ether oxygens (including phenoxy) is 2. The van der Waals surface area contributed by atoms with Crippen molar-refractivity contribution in [3.8, 4) is 23.0 Å². The summed E-state index contributed by atoms with van der Waals surface area (Å²) in [5.41, 5.74) is 1.01. The number of fused-ring (bicyclic) bond motifs is 1. The number of nitrogens with zero attached hydrogens (tertiary/aromatic N) is 2. The Morgan fingerprint density at radius 1 is 1.15 bits per heavy atom. The average molecular weight is 271 g/mol. The predicted octanol–water partition coefficient (Wildman–Crippen LogP) is 1.27. The minimum Gasteiger partial charge on any atom is -0.483 e. The molecule has 1 aliphatic heterocycles. The standard InChI is InChI=1S/C14H13N3O3/c1-15-13(18)10-11-14(20-8-7-19-11)17-12(16-10)9-5-3-2-4-6-9/h2-6H,7-8H2,1H3,(H,15,18). The molecule has 102 valence electrons. The molecular formula is C14H13N3O3. The van der Waals surface area contributed by atoms with E-state index in [-0.39, 0.29) is 11.6 Å². The second kappa shape index (κ2) is 5.16. The summed E-state index contributed by atoms with van der Waals surface area (Å²) in [5, 5.41) is 2.55. The van der Waals surface area contributed by atoms with Crippen LogP contribution in [-0.2, 0) is 0 Å². The highest BCUT2D eigenvalue weighted by atomic mass is 16.6. The van der Waals surface area contributed by atoms with Crippen molar-refractivity contribution >= 4 is 5.91 Å². The van der Waals surface area contributed by atoms with E-state index in [1.54, 1.807) is 7.05 Å². The lowest BCUT2D eigenvalue weighted by Gasteiger charge is -2.19. The topological polar surface area (TPSA) is 73.3 Å². The van der Waals surface area contributed by atoms with E-state index in [9.17, 15) is 4.79 Å². The van der Waals surface area contributed by atoms with Crippen LogP contribution in [0.15, 0.2) is 30.3 Å². The average Bonchev–Trinajstić information content (AvgIpc) is 2.54. The zero-order valence-corrected chi connectivity index (χ0v) is 10.9. The third kappa shape index (κ3) is 2.16. The molecule has 1 aromatic heterocycles. The van der Waals surface area contributed by atoms with Gasteiger partial charge in [-0.1, -0.05) is 30.3 Å². The van der Waals surface area contributed by atoms with Crippen molar-refractivity contribution in [2.45, 2.75) is 0 Å². The molecule has 0 bridgehead atoms. The minimum absolute atomic E-state index is 0.191. The van der Waals surface area contributed by atoms with E-state index in [0.29, 0.717) is 30.7 Å². The molecule has 2 heterocycles. The number of rotatable bonds is 2. The van der Waals surface area contributed by atoms with Crippen LogP contribution < -0.4 is 14.8 Å². The Labute approximate surface area is 115 Å². The Balaban J connectivity index is 2.15. The smallest absolute Gasteiger partial charge is 0.273 e. The molecule has 2 aromatic rings. The van der Waals surface area contributed by atoms with Crippen LogP contribution >= 0.6 is 0 Å². The monoisotopic (exact) mass is 271 g/mol. The fourth-order valence-corrected chi connectivity index (χ4v) is 1.93. The van der Waals surface area contributed by atoms with E-state index in [2.05, 4.69) is 15.3 Å². The number of aromatic nitrogens is 2. The van der Waals surface area contributed by atoms with Crippen LogP contribution in [0.4, 0.5) is 0 Å². The normalized spacial score (nSPS) is 12.8. The molecule has 0 unspecified atom stereocenters. The molecule has 0 radical (unpaired) electrons. The third-order valence-electron chi connectivity index (χ3n) is 2.88. The summed E-state index contributed by atoms with van der Waals surface area (Å²) in [6.45, 7) is 0.788. The first-order valence-corrected chi connectivity index (χ1v) is 6.24. The van der Waals surface area contributed by atoms with Crippen molar-refractivity contribution in [1.29, 1.82) is 0 Å². The quantitative estimate of drug-likeness (QED) is 0.890. The Kier molecular flexibility index (Phi) is 3.20. The number of benzene rings is 1. The molecule has 0 atom stereocenters. The third-order valence-corrected chi connectivity index (χ3v) is 2.88. The molecular weight excluding hydrogens is 258 g/mol. The van der Waals surface area contributed by atoms with Crippen LogP contribution in [0, 0.1) is 0 Å². The summed E-state index contributed by atoms with van der Waals surface area (Å²) in [4.78, 5) is 20.6. The summed E-state index contributed by atoms with van der Waals surface area (Å²) in [6.07, 6.45) is 0. The van der Waals surface area contributed by atoms with Crippen molar-refractivity contribution in [2.75, 3.05) is 20.3 Å². The van der Waals surface area contributed by atoms with Gasteiger partial charge in [-0.05, 0) is 0 Å². The second-order valence-electron chi connectivity index (χ2n) is 4.17. The molecule has 0 fully saturated rings. The van der Waals surface area contributed by atoms with E-state index in [4.69, 9.17) is 9.47 Å². The van der Waals surface area contributed by atoms with Crippen LogP contribution in [0.5, 0.6) is 11.6 Å². The molecule has 1 amide bonds. The van der Waals surface area contributed by atoms with E-state index in [1.807, 2.05) is 30.3 Å². The minimum atomic E-state index is -0.327. The Bertz CT molecular complexity index is 644. The van der Waals surface area contributed by atoms with Crippen LogP contribution in [-0.4, -0.2) is 36.1 Å². The zero-order valence-electron chi connectivity index (χ0n) is 10.9. The van der Waals surface area contributed by atoms with Gasteiger partial charge in [-0.25, -0.2) is 4.98 Å². The molecule has 0 saturated carbocycles. The molecule has 20 heavy (non-hydrogen) atoms. The maximum Gasteiger partial charge on any atom is 0.273 e. The summed E-state index contributed by atoms with van der Waals surface area (Å²) >= 11 is 0. The molecule has 0 saturated heterocycles. The van der Waals surface area contributed by atoms with E-state index in [1.165, 1.54) is 0 Å². The highest BCUT2D eigenvalue weighted by Gasteiger charge is 2.25. The fourth-order valence-electron chi connectivity index (χ4n) is 1.93. The summed E-state index contributed by atoms with van der Waals surface area (Å²) in [6, 6.07) is 9.42. The van der Waals surface area contributed by atoms with Gasteiger partial charge in [0, 0.05) is 12.6 Å². The van der Waals surface area contributed by atoms with Gasteiger partial charge in [0.25, 0.3) is 11.8 Å². The van der Waals surface area contributed by atoms with Gasteiger partial charge in [0.05, 0.1) is 0 Å². The molecule has 1 aliphatic rings. The van der Waals surface area contributed by atoms with Crippen molar-refractivity contribution in [3.63, 3.8) is 0 Å². The molecule has 6 nitrogen and oxygen atoms in total. The Morgan fingerprint density at radius 3 is 2.65 bits per heavy atom. The van der Waals surface area contributed by atoms with E-state index < -0.39 is 0 Å². The van der Waals surface area contributed by atoms with Crippen LogP contribution in [0.1, 0.15) is 10.5 Å². The maximum atomic E-state index is 11.9. The number of hydrogen-bond acceptors (Lipinski definition) is 5. The van der Waals surface area contributed by atoms with Crippen molar-refractivity contribution in [3.05, 3.63) is 36.0 Å². The van der Waals surface area contributed by atoms with Gasteiger partial charge in [-0.2, -0.15) is 4.98 Å². The number of amides is 1. The number of carbonyl (C=O) groups excluding carboxylic acids is 1. The fraction of sp³-hybridized carbons (Fsp3) is 0.214. The maximum absolute atomic E-state index is 11.9. The second-order valence-corrected chi connectivity index (χ2v) is 4.17. The summed E-state index contributed by atoms with van der Waals surface area (Å²) in [5.74, 6) is 0.721. The van der Waals surface area contributed by atoms with Crippen molar-refractivity contribution in [1.82, 2.24) is 15.3 Å². The first kappa shape index (κ1) is 12.4. The van der Waals surface area contributed by atoms with E-state index >= 15 is 0 Å². The van der Waals surface area contributed by atoms with Crippen molar-refractivity contribution < 1.29 is 14.3 Å². The van der Waals surface area contributed by atoms with Gasteiger partial charge >= 0.3 is 0 Å². The first-order chi connectivity index (χ1) is 9.79. The molecule has 1 N–H and O–H groups in total. The molecule has 0 aliphatic carbocycles. The number of carbonyl (C=O) groups is 1. The van der Waals surface area contributed by atoms with Gasteiger partial charge < -0.3 is 14.8 Å².